The summed E-state index contributed by atoms with van der Waals surface area (Å²) in [6.45, 7) is 4.64. The average molecular weight is 282 g/mol. The minimum absolute atomic E-state index is 0.172. The molecule has 0 spiro atoms. The van der Waals surface area contributed by atoms with E-state index in [2.05, 4.69) is 5.32 Å². The first kappa shape index (κ1) is 15.7. The van der Waals surface area contributed by atoms with Crippen molar-refractivity contribution in [3.05, 3.63) is 28.2 Å². The number of carboxylic acids is 1. The van der Waals surface area contributed by atoms with Gasteiger partial charge in [-0.3, -0.25) is 9.59 Å². The number of nitrogens with one attached hydrogen (secondary N) is 1. The highest BCUT2D eigenvalue weighted by molar-refractivity contribution is 5.83. The van der Waals surface area contributed by atoms with Crippen molar-refractivity contribution in [2.45, 2.75) is 33.4 Å². The molecular formula is C13H18N2O5. The van der Waals surface area contributed by atoms with Gasteiger partial charge in [0.2, 0.25) is 5.91 Å². The maximum absolute atomic E-state index is 11.8. The van der Waals surface area contributed by atoms with Crippen LogP contribution in [0.1, 0.15) is 19.5 Å². The predicted octanol–water partition coefficient (Wildman–Crippen LogP) is 0.0877. The summed E-state index contributed by atoms with van der Waals surface area (Å²) in [6.07, 6.45) is 0. The van der Waals surface area contributed by atoms with Crippen molar-refractivity contribution in [2.75, 3.05) is 0 Å². The van der Waals surface area contributed by atoms with E-state index in [1.807, 2.05) is 0 Å². The van der Waals surface area contributed by atoms with Crippen molar-refractivity contribution in [1.29, 1.82) is 0 Å². The molecule has 1 heterocycles. The first-order valence-corrected chi connectivity index (χ1v) is 6.15. The van der Waals surface area contributed by atoms with Gasteiger partial charge in [0.25, 0.3) is 5.56 Å². The van der Waals surface area contributed by atoms with Crippen LogP contribution in [0.5, 0.6) is 5.75 Å². The predicted molar refractivity (Wildman–Crippen MR) is 71.5 cm³/mol. The van der Waals surface area contributed by atoms with Gasteiger partial charge in [0.05, 0.1) is 0 Å². The standard InChI is InChI=1S/C13H18N2O5/c1-7(2)12(13(19)20)14-10(17)6-15-8(3)4-9(16)5-11(15)18/h4-5,7,12,16H,6H2,1-3H3,(H,14,17)(H,19,20)/t12-/m0/s1. The fraction of sp³-hybridized carbons (Fsp3) is 0.462. The zero-order valence-corrected chi connectivity index (χ0v) is 11.6. The second kappa shape index (κ2) is 6.23. The molecule has 20 heavy (non-hydrogen) atoms. The van der Waals surface area contributed by atoms with Crippen LogP contribution in [0.3, 0.4) is 0 Å². The number of aryl methyl sites for hydroxylation is 1. The van der Waals surface area contributed by atoms with Crippen LogP contribution in [0.4, 0.5) is 0 Å². The highest BCUT2D eigenvalue weighted by Crippen LogP contribution is 2.07. The molecule has 3 N–H and O–H groups in total. The summed E-state index contributed by atoms with van der Waals surface area (Å²) < 4.78 is 1.16. The molecule has 0 fully saturated rings. The molecule has 1 aromatic heterocycles. The second-order valence-electron chi connectivity index (χ2n) is 4.91. The van der Waals surface area contributed by atoms with Gasteiger partial charge in [-0.05, 0) is 18.9 Å². The van der Waals surface area contributed by atoms with Gasteiger partial charge in [-0.2, -0.15) is 0 Å². The third kappa shape index (κ3) is 3.84. The molecule has 0 saturated heterocycles. The van der Waals surface area contributed by atoms with E-state index in [0.29, 0.717) is 5.69 Å². The van der Waals surface area contributed by atoms with Gasteiger partial charge in [-0.25, -0.2) is 4.79 Å². The van der Waals surface area contributed by atoms with E-state index in [1.54, 1.807) is 20.8 Å². The largest absolute Gasteiger partial charge is 0.508 e. The van der Waals surface area contributed by atoms with Gasteiger partial charge < -0.3 is 20.1 Å². The number of amides is 1. The molecule has 0 radical (unpaired) electrons. The number of carbonyl (C=O) groups is 2. The molecule has 1 atom stereocenters. The Labute approximate surface area is 115 Å². The number of aromatic hydroxyl groups is 1. The number of nitrogens with zero attached hydrogens (tertiary/aromatic N) is 1. The van der Waals surface area contributed by atoms with Crippen molar-refractivity contribution < 1.29 is 19.8 Å². The van der Waals surface area contributed by atoms with Gasteiger partial charge in [0.1, 0.15) is 18.3 Å². The number of carbonyl (C=O) groups excluding carboxylic acids is 1. The normalized spacial score (nSPS) is 12.2. The number of aliphatic carboxylic acids is 1. The molecule has 0 aliphatic rings. The molecule has 0 aromatic carbocycles. The molecule has 0 bridgehead atoms. The maximum atomic E-state index is 11.8. The summed E-state index contributed by atoms with van der Waals surface area (Å²) in [6, 6.07) is 1.35. The van der Waals surface area contributed by atoms with Crippen LogP contribution in [0.15, 0.2) is 16.9 Å². The van der Waals surface area contributed by atoms with E-state index in [9.17, 15) is 19.5 Å². The Hall–Kier alpha value is -2.31. The lowest BCUT2D eigenvalue weighted by Gasteiger charge is -2.18. The summed E-state index contributed by atoms with van der Waals surface area (Å²) in [7, 11) is 0. The zero-order chi connectivity index (χ0) is 15.4. The average Bonchev–Trinajstić information content (AvgIpc) is 2.29. The lowest BCUT2D eigenvalue weighted by Crippen LogP contribution is -2.46. The first-order valence-electron chi connectivity index (χ1n) is 6.15. The van der Waals surface area contributed by atoms with Crippen LogP contribution in [0, 0.1) is 12.8 Å². The van der Waals surface area contributed by atoms with Crippen LogP contribution >= 0.6 is 0 Å². The Balaban J connectivity index is 2.87. The minimum atomic E-state index is -1.12. The van der Waals surface area contributed by atoms with Crippen LogP contribution in [-0.2, 0) is 16.1 Å². The topological polar surface area (TPSA) is 109 Å². The van der Waals surface area contributed by atoms with Crippen LogP contribution < -0.4 is 10.9 Å². The fourth-order valence-corrected chi connectivity index (χ4v) is 1.79. The third-order valence-electron chi connectivity index (χ3n) is 2.87. The van der Waals surface area contributed by atoms with Crippen molar-refractivity contribution in [2.24, 2.45) is 5.92 Å². The molecule has 0 aliphatic heterocycles. The van der Waals surface area contributed by atoms with E-state index >= 15 is 0 Å². The molecule has 0 unspecified atom stereocenters. The Morgan fingerprint density at radius 3 is 2.40 bits per heavy atom. The van der Waals surface area contributed by atoms with E-state index in [4.69, 9.17) is 5.11 Å². The molecule has 1 rings (SSSR count). The SMILES string of the molecule is Cc1cc(O)cc(=O)n1CC(=O)N[C@H](C(=O)O)C(C)C. The van der Waals surface area contributed by atoms with Gasteiger partial charge >= 0.3 is 5.97 Å². The van der Waals surface area contributed by atoms with Crippen LogP contribution in [-0.4, -0.2) is 32.7 Å². The molecule has 7 heteroatoms. The Kier molecular flexibility index (Phi) is 4.90. The van der Waals surface area contributed by atoms with Crippen LogP contribution in [0.25, 0.3) is 0 Å². The van der Waals surface area contributed by atoms with Crippen molar-refractivity contribution in [1.82, 2.24) is 9.88 Å². The third-order valence-corrected chi connectivity index (χ3v) is 2.87. The summed E-state index contributed by atoms with van der Waals surface area (Å²) in [4.78, 5) is 34.5. The molecule has 1 aromatic rings. The summed E-state index contributed by atoms with van der Waals surface area (Å²) in [5.41, 5.74) is -0.101. The number of carboxylic acid groups (broad SMARTS) is 1. The quantitative estimate of drug-likeness (QED) is 0.709. The van der Waals surface area contributed by atoms with E-state index in [0.717, 1.165) is 10.6 Å². The van der Waals surface area contributed by atoms with Crippen molar-refractivity contribution >= 4 is 11.9 Å². The van der Waals surface area contributed by atoms with Gasteiger partial charge in [-0.15, -0.1) is 0 Å². The molecule has 1 amide bonds. The lowest BCUT2D eigenvalue weighted by atomic mass is 10.1. The molecule has 7 nitrogen and oxygen atoms in total. The fourth-order valence-electron chi connectivity index (χ4n) is 1.79. The number of aromatic nitrogens is 1. The smallest absolute Gasteiger partial charge is 0.326 e. The minimum Gasteiger partial charge on any atom is -0.508 e. The van der Waals surface area contributed by atoms with Gasteiger partial charge in [0.15, 0.2) is 0 Å². The molecule has 0 aliphatic carbocycles. The highest BCUT2D eigenvalue weighted by Gasteiger charge is 2.23. The Morgan fingerprint density at radius 1 is 1.35 bits per heavy atom. The van der Waals surface area contributed by atoms with Crippen molar-refractivity contribution in [3.63, 3.8) is 0 Å². The lowest BCUT2D eigenvalue weighted by molar-refractivity contribution is -0.143. The first-order chi connectivity index (χ1) is 9.22. The van der Waals surface area contributed by atoms with Gasteiger partial charge in [0, 0.05) is 11.8 Å². The summed E-state index contributed by atoms with van der Waals surface area (Å²) in [5.74, 6) is -2.13. The van der Waals surface area contributed by atoms with E-state index in [1.165, 1.54) is 6.07 Å². The second-order valence-corrected chi connectivity index (χ2v) is 4.91. The number of pyridine rings is 1. The number of rotatable bonds is 5. The summed E-state index contributed by atoms with van der Waals surface area (Å²) >= 11 is 0. The highest BCUT2D eigenvalue weighted by atomic mass is 16.4. The zero-order valence-electron chi connectivity index (χ0n) is 11.6. The maximum Gasteiger partial charge on any atom is 0.326 e. The Morgan fingerprint density at radius 2 is 1.95 bits per heavy atom. The van der Waals surface area contributed by atoms with Gasteiger partial charge in [-0.1, -0.05) is 13.8 Å². The number of hydrogen-bond donors (Lipinski definition) is 3. The molecular weight excluding hydrogens is 264 g/mol. The van der Waals surface area contributed by atoms with Crippen molar-refractivity contribution in [3.8, 4) is 5.75 Å². The van der Waals surface area contributed by atoms with E-state index < -0.39 is 23.5 Å². The monoisotopic (exact) mass is 282 g/mol. The molecule has 110 valence electrons. The number of hydrogen-bond acceptors (Lipinski definition) is 4. The summed E-state index contributed by atoms with van der Waals surface area (Å²) in [5, 5.41) is 20.6. The Bertz CT molecular complexity index is 577. The van der Waals surface area contributed by atoms with E-state index in [-0.39, 0.29) is 18.2 Å². The molecule has 0 saturated carbocycles. The van der Waals surface area contributed by atoms with Crippen LogP contribution in [0.2, 0.25) is 0 Å².